The maximum Gasteiger partial charge on any atom is 0.338 e. The predicted octanol–water partition coefficient (Wildman–Crippen LogP) is 5.03. The van der Waals surface area contributed by atoms with Crippen molar-refractivity contribution in [3.63, 3.8) is 0 Å². The Morgan fingerprint density at radius 2 is 1.84 bits per heavy atom. The fourth-order valence-corrected chi connectivity index (χ4v) is 5.51. The normalized spacial score (nSPS) is 15.1. The summed E-state index contributed by atoms with van der Waals surface area (Å²) in [5.41, 5.74) is 3.33. The molecule has 0 N–H and O–H groups in total. The number of aromatic nitrogens is 1. The molecule has 0 radical (unpaired) electrons. The molecule has 0 spiro atoms. The van der Waals surface area contributed by atoms with Gasteiger partial charge < -0.3 is 9.47 Å². The molecular weight excluding hydrogens is 520 g/mol. The van der Waals surface area contributed by atoms with E-state index in [2.05, 4.69) is 4.99 Å². The number of hydrogen-bond donors (Lipinski definition) is 0. The third-order valence-electron chi connectivity index (χ3n) is 6.11. The number of ether oxygens (including phenoxy) is 2. The second-order valence-electron chi connectivity index (χ2n) is 8.70. The molecule has 8 heteroatoms. The fraction of sp³-hybridized carbons (Fsp3) is 0.167. The number of thiazole rings is 1. The number of hydrogen-bond acceptors (Lipinski definition) is 6. The monoisotopic (exact) mass is 544 g/mol. The minimum absolute atomic E-state index is 0.218. The topological polar surface area (TPSA) is 69.9 Å². The second-order valence-corrected chi connectivity index (χ2v) is 10.1. The van der Waals surface area contributed by atoms with Crippen molar-refractivity contribution in [3.05, 3.63) is 132 Å². The number of rotatable bonds is 7. The maximum atomic E-state index is 13.7. The molecule has 2 heterocycles. The van der Waals surface area contributed by atoms with Gasteiger partial charge in [-0.3, -0.25) is 9.36 Å². The molecule has 4 aromatic rings. The molecule has 38 heavy (non-hydrogen) atoms. The van der Waals surface area contributed by atoms with Gasteiger partial charge in [0.15, 0.2) is 4.80 Å². The van der Waals surface area contributed by atoms with Crippen molar-refractivity contribution in [2.75, 3.05) is 6.61 Å². The van der Waals surface area contributed by atoms with E-state index in [1.165, 1.54) is 11.3 Å². The van der Waals surface area contributed by atoms with Crippen molar-refractivity contribution in [2.45, 2.75) is 26.5 Å². The number of nitrogens with zero attached hydrogens (tertiary/aromatic N) is 2. The Morgan fingerprint density at radius 1 is 1.08 bits per heavy atom. The van der Waals surface area contributed by atoms with Gasteiger partial charge in [0.2, 0.25) is 0 Å². The van der Waals surface area contributed by atoms with Crippen molar-refractivity contribution in [2.24, 2.45) is 4.99 Å². The minimum Gasteiger partial charge on any atom is -0.489 e. The van der Waals surface area contributed by atoms with E-state index in [-0.39, 0.29) is 12.2 Å². The zero-order valence-corrected chi connectivity index (χ0v) is 22.5. The Balaban J connectivity index is 1.52. The van der Waals surface area contributed by atoms with Crippen LogP contribution in [0.4, 0.5) is 0 Å². The van der Waals surface area contributed by atoms with Crippen LogP contribution in [0, 0.1) is 0 Å². The van der Waals surface area contributed by atoms with Crippen molar-refractivity contribution in [3.8, 4) is 5.75 Å². The first-order valence-corrected chi connectivity index (χ1v) is 13.4. The van der Waals surface area contributed by atoms with E-state index in [4.69, 9.17) is 21.1 Å². The molecule has 0 unspecified atom stereocenters. The average molecular weight is 545 g/mol. The lowest BCUT2D eigenvalue weighted by atomic mass is 9.96. The summed E-state index contributed by atoms with van der Waals surface area (Å²) < 4.78 is 13.4. The van der Waals surface area contributed by atoms with Gasteiger partial charge in [0.1, 0.15) is 12.4 Å². The third kappa shape index (κ3) is 5.35. The van der Waals surface area contributed by atoms with Gasteiger partial charge in [0, 0.05) is 5.02 Å². The summed E-state index contributed by atoms with van der Waals surface area (Å²) in [4.78, 5) is 31.8. The number of esters is 1. The van der Waals surface area contributed by atoms with Crippen LogP contribution in [0.1, 0.15) is 36.6 Å². The summed E-state index contributed by atoms with van der Waals surface area (Å²) in [6, 6.07) is 23.9. The van der Waals surface area contributed by atoms with Gasteiger partial charge in [-0.1, -0.05) is 77.5 Å². The van der Waals surface area contributed by atoms with E-state index in [1.54, 1.807) is 18.4 Å². The van der Waals surface area contributed by atoms with Gasteiger partial charge in [-0.15, -0.1) is 0 Å². The van der Waals surface area contributed by atoms with Crippen molar-refractivity contribution >= 4 is 35.0 Å². The largest absolute Gasteiger partial charge is 0.489 e. The van der Waals surface area contributed by atoms with Crippen LogP contribution in [0.3, 0.4) is 0 Å². The van der Waals surface area contributed by atoms with Crippen LogP contribution < -0.4 is 19.6 Å². The molecule has 1 aliphatic rings. The molecule has 3 aromatic carbocycles. The number of benzene rings is 3. The van der Waals surface area contributed by atoms with Crippen LogP contribution in [0.2, 0.25) is 5.02 Å². The number of carbonyl (C=O) groups is 1. The number of carbonyl (C=O) groups excluding carboxylic acids is 1. The lowest BCUT2D eigenvalue weighted by molar-refractivity contribution is -0.139. The van der Waals surface area contributed by atoms with E-state index >= 15 is 0 Å². The van der Waals surface area contributed by atoms with Crippen molar-refractivity contribution in [1.82, 2.24) is 4.57 Å². The highest BCUT2D eigenvalue weighted by atomic mass is 35.5. The zero-order chi connectivity index (χ0) is 26.6. The molecule has 0 saturated carbocycles. The number of halogens is 1. The van der Waals surface area contributed by atoms with Crippen LogP contribution >= 0.6 is 22.9 Å². The Kier molecular flexibility index (Phi) is 7.58. The molecule has 0 fully saturated rings. The molecule has 1 aromatic heterocycles. The molecule has 0 amide bonds. The fourth-order valence-electron chi connectivity index (χ4n) is 4.34. The van der Waals surface area contributed by atoms with Crippen LogP contribution in [-0.2, 0) is 16.1 Å². The Hall–Kier alpha value is -3.94. The lowest BCUT2D eigenvalue weighted by Crippen LogP contribution is -2.39. The Labute approximate surface area is 228 Å². The average Bonchev–Trinajstić information content (AvgIpc) is 3.22. The molecule has 5 rings (SSSR count). The Bertz CT molecular complexity index is 1690. The van der Waals surface area contributed by atoms with Crippen LogP contribution in [0.5, 0.6) is 5.75 Å². The van der Waals surface area contributed by atoms with E-state index < -0.39 is 12.0 Å². The highest BCUT2D eigenvalue weighted by Crippen LogP contribution is 2.30. The predicted molar refractivity (Wildman–Crippen MR) is 149 cm³/mol. The van der Waals surface area contributed by atoms with Gasteiger partial charge >= 0.3 is 5.97 Å². The summed E-state index contributed by atoms with van der Waals surface area (Å²) in [6.07, 6.45) is 1.82. The molecular formula is C30H25ClN2O4S. The van der Waals surface area contributed by atoms with E-state index in [0.717, 1.165) is 16.7 Å². The van der Waals surface area contributed by atoms with Crippen molar-refractivity contribution < 1.29 is 14.3 Å². The molecule has 1 aliphatic heterocycles. The summed E-state index contributed by atoms with van der Waals surface area (Å²) in [6.45, 7) is 4.17. The number of fused-ring (bicyclic) bond motifs is 1. The van der Waals surface area contributed by atoms with E-state index in [0.29, 0.717) is 38.0 Å². The Morgan fingerprint density at radius 3 is 2.58 bits per heavy atom. The van der Waals surface area contributed by atoms with Gasteiger partial charge in [-0.2, -0.15) is 0 Å². The highest BCUT2D eigenvalue weighted by Gasteiger charge is 2.33. The van der Waals surface area contributed by atoms with Crippen LogP contribution in [0.25, 0.3) is 6.08 Å². The maximum absolute atomic E-state index is 13.7. The van der Waals surface area contributed by atoms with Gasteiger partial charge in [-0.25, -0.2) is 9.79 Å². The van der Waals surface area contributed by atoms with Gasteiger partial charge in [0.05, 0.1) is 28.5 Å². The zero-order valence-electron chi connectivity index (χ0n) is 20.9. The number of allylic oxidation sites excluding steroid dienone is 1. The SMILES string of the molecule is CCOC(=O)C1=C(C)N=c2s/c(=C/c3cccc(OCc4ccc(Cl)cc4)c3)c(=O)n2[C@@H]1c1ccccc1. The molecule has 6 nitrogen and oxygen atoms in total. The molecule has 0 bridgehead atoms. The molecule has 0 saturated heterocycles. The summed E-state index contributed by atoms with van der Waals surface area (Å²) in [5.74, 6) is 0.214. The summed E-state index contributed by atoms with van der Waals surface area (Å²) in [5, 5.41) is 0.677. The third-order valence-corrected chi connectivity index (χ3v) is 7.34. The second kappa shape index (κ2) is 11.2. The molecule has 0 aliphatic carbocycles. The van der Waals surface area contributed by atoms with Gasteiger partial charge in [-0.05, 0) is 60.9 Å². The highest BCUT2D eigenvalue weighted by molar-refractivity contribution is 7.07. The summed E-state index contributed by atoms with van der Waals surface area (Å²) >= 11 is 7.26. The van der Waals surface area contributed by atoms with E-state index in [9.17, 15) is 9.59 Å². The summed E-state index contributed by atoms with van der Waals surface area (Å²) in [7, 11) is 0. The molecule has 192 valence electrons. The van der Waals surface area contributed by atoms with Crippen LogP contribution in [0.15, 0.2) is 99.9 Å². The first-order valence-electron chi connectivity index (χ1n) is 12.2. The van der Waals surface area contributed by atoms with Crippen LogP contribution in [-0.4, -0.2) is 17.1 Å². The first kappa shape index (κ1) is 25.7. The van der Waals surface area contributed by atoms with Gasteiger partial charge in [0.25, 0.3) is 5.56 Å². The quantitative estimate of drug-likeness (QED) is 0.306. The van der Waals surface area contributed by atoms with Crippen molar-refractivity contribution in [1.29, 1.82) is 0 Å². The minimum atomic E-state index is -0.623. The standard InChI is InChI=1S/C30H25ClN2O4S/c1-3-36-29(35)26-19(2)32-30-33(27(26)22-9-5-4-6-10-22)28(34)25(38-30)17-21-8-7-11-24(16-21)37-18-20-12-14-23(31)15-13-20/h4-17,27H,3,18H2,1-2H3/b25-17+/t27-/m1/s1. The lowest BCUT2D eigenvalue weighted by Gasteiger charge is -2.24. The van der Waals surface area contributed by atoms with E-state index in [1.807, 2.05) is 84.9 Å². The first-order chi connectivity index (χ1) is 18.4. The molecule has 1 atom stereocenters. The smallest absolute Gasteiger partial charge is 0.338 e.